The molecule has 0 aromatic rings. The van der Waals surface area contributed by atoms with Crippen LogP contribution in [0.1, 0.15) is 113 Å². The number of hydrogen-bond acceptors (Lipinski definition) is 2. The zero-order valence-corrected chi connectivity index (χ0v) is 17.8. The Bertz CT molecular complexity index is 294. The van der Waals surface area contributed by atoms with Crippen molar-refractivity contribution in [3.63, 3.8) is 0 Å². The van der Waals surface area contributed by atoms with Crippen molar-refractivity contribution in [2.45, 2.75) is 124 Å². The van der Waals surface area contributed by atoms with Crippen LogP contribution in [0.5, 0.6) is 0 Å². The third kappa shape index (κ3) is 13.2. The van der Waals surface area contributed by atoms with Gasteiger partial charge in [-0.25, -0.2) is 0 Å². The minimum atomic E-state index is -0.581. The van der Waals surface area contributed by atoms with E-state index < -0.39 is 5.60 Å². The van der Waals surface area contributed by atoms with Crippen LogP contribution in [0.2, 0.25) is 0 Å². The predicted octanol–water partition coefficient (Wildman–Crippen LogP) is 6.75. The molecule has 0 aliphatic carbocycles. The molecule has 0 saturated heterocycles. The lowest BCUT2D eigenvalue weighted by Crippen LogP contribution is -2.30. The molecule has 0 aliphatic heterocycles. The van der Waals surface area contributed by atoms with Gasteiger partial charge in [0.05, 0.1) is 17.8 Å². The van der Waals surface area contributed by atoms with Gasteiger partial charge in [0.2, 0.25) is 0 Å². The van der Waals surface area contributed by atoms with E-state index in [1.54, 1.807) is 0 Å². The van der Waals surface area contributed by atoms with Crippen molar-refractivity contribution in [1.82, 2.24) is 0 Å². The van der Waals surface area contributed by atoms with E-state index in [0.717, 1.165) is 31.1 Å². The van der Waals surface area contributed by atoms with E-state index in [1.165, 1.54) is 44.9 Å². The zero-order chi connectivity index (χ0) is 18.6. The van der Waals surface area contributed by atoms with Gasteiger partial charge in [-0.05, 0) is 58.3 Å². The lowest BCUT2D eigenvalue weighted by molar-refractivity contribution is -0.0561. The maximum absolute atomic E-state index is 10.0. The second-order valence-corrected chi connectivity index (χ2v) is 9.07. The summed E-state index contributed by atoms with van der Waals surface area (Å²) in [6, 6.07) is 0. The van der Waals surface area contributed by atoms with Gasteiger partial charge >= 0.3 is 0 Å². The van der Waals surface area contributed by atoms with Crippen LogP contribution in [0.25, 0.3) is 0 Å². The molecule has 2 unspecified atom stereocenters. The molecule has 24 heavy (non-hydrogen) atoms. The van der Waals surface area contributed by atoms with Crippen molar-refractivity contribution in [1.29, 1.82) is 0 Å². The maximum atomic E-state index is 10.0. The largest absolute Gasteiger partial charge is 0.390 e. The predicted molar refractivity (Wildman–Crippen MR) is 107 cm³/mol. The first-order valence-corrected chi connectivity index (χ1v) is 10.5. The van der Waals surface area contributed by atoms with Gasteiger partial charge in [0.1, 0.15) is 0 Å². The standard InChI is InChI=1S/C22H46O2/c1-8-20(18-19(3)4)14-12-10-11-13-15-21(5,6)24-17-16-22(7,23)9-2/h19-20,23H,8-18H2,1-7H3. The monoisotopic (exact) mass is 342 g/mol. The Balaban J connectivity index is 3.74. The number of ether oxygens (including phenoxy) is 1. The molecular weight excluding hydrogens is 296 g/mol. The molecule has 0 amide bonds. The van der Waals surface area contributed by atoms with Gasteiger partial charge in [0, 0.05) is 0 Å². The van der Waals surface area contributed by atoms with Crippen molar-refractivity contribution < 1.29 is 9.84 Å². The third-order valence-corrected chi connectivity index (χ3v) is 5.42. The SMILES string of the molecule is CCC(CCCCCCC(C)(C)OCCC(C)(O)CC)CC(C)C. The average Bonchev–Trinajstić information content (AvgIpc) is 2.48. The van der Waals surface area contributed by atoms with E-state index in [0.29, 0.717) is 6.61 Å². The molecule has 146 valence electrons. The van der Waals surface area contributed by atoms with E-state index in [9.17, 15) is 5.11 Å². The van der Waals surface area contributed by atoms with Crippen molar-refractivity contribution in [3.05, 3.63) is 0 Å². The van der Waals surface area contributed by atoms with Crippen LogP contribution in [-0.4, -0.2) is 22.9 Å². The summed E-state index contributed by atoms with van der Waals surface area (Å²) in [6.07, 6.45) is 12.1. The molecule has 2 atom stereocenters. The summed E-state index contributed by atoms with van der Waals surface area (Å²) in [7, 11) is 0. The molecule has 0 spiro atoms. The Labute approximate surface area is 152 Å². The van der Waals surface area contributed by atoms with Crippen LogP contribution in [-0.2, 0) is 4.74 Å². The molecule has 0 fully saturated rings. The number of hydrogen-bond donors (Lipinski definition) is 1. The first-order valence-electron chi connectivity index (χ1n) is 10.5. The molecule has 0 aliphatic rings. The van der Waals surface area contributed by atoms with E-state index in [2.05, 4.69) is 34.6 Å². The van der Waals surface area contributed by atoms with Crippen LogP contribution in [0.4, 0.5) is 0 Å². The maximum Gasteiger partial charge on any atom is 0.0639 e. The Morgan fingerprint density at radius 1 is 0.917 bits per heavy atom. The topological polar surface area (TPSA) is 29.5 Å². The highest BCUT2D eigenvalue weighted by atomic mass is 16.5. The van der Waals surface area contributed by atoms with E-state index in [1.807, 2.05) is 13.8 Å². The lowest BCUT2D eigenvalue weighted by Gasteiger charge is -2.28. The number of rotatable bonds is 15. The Morgan fingerprint density at radius 3 is 2.08 bits per heavy atom. The molecule has 2 nitrogen and oxygen atoms in total. The van der Waals surface area contributed by atoms with Crippen molar-refractivity contribution >= 4 is 0 Å². The molecule has 0 saturated carbocycles. The highest BCUT2D eigenvalue weighted by molar-refractivity contribution is 4.73. The van der Waals surface area contributed by atoms with Gasteiger partial charge in [-0.15, -0.1) is 0 Å². The normalized spacial score (nSPS) is 16.4. The van der Waals surface area contributed by atoms with Gasteiger partial charge in [0.25, 0.3) is 0 Å². The molecular formula is C22H46O2. The van der Waals surface area contributed by atoms with Gasteiger partial charge < -0.3 is 9.84 Å². The minimum absolute atomic E-state index is 0.0621. The van der Waals surface area contributed by atoms with Gasteiger partial charge in [-0.3, -0.25) is 0 Å². The van der Waals surface area contributed by atoms with Gasteiger partial charge in [-0.1, -0.05) is 66.2 Å². The van der Waals surface area contributed by atoms with E-state index in [4.69, 9.17) is 4.74 Å². The summed E-state index contributed by atoms with van der Waals surface area (Å²) in [5.74, 6) is 1.76. The third-order valence-electron chi connectivity index (χ3n) is 5.42. The summed E-state index contributed by atoms with van der Waals surface area (Å²) < 4.78 is 6.01. The zero-order valence-electron chi connectivity index (χ0n) is 17.8. The summed E-state index contributed by atoms with van der Waals surface area (Å²) in [5.41, 5.74) is -0.644. The quantitative estimate of drug-likeness (QED) is 0.334. The van der Waals surface area contributed by atoms with Crippen LogP contribution in [0.3, 0.4) is 0 Å². The Morgan fingerprint density at radius 2 is 1.54 bits per heavy atom. The molecule has 0 heterocycles. The van der Waals surface area contributed by atoms with E-state index in [-0.39, 0.29) is 5.60 Å². The minimum Gasteiger partial charge on any atom is -0.390 e. The molecule has 0 bridgehead atoms. The average molecular weight is 343 g/mol. The lowest BCUT2D eigenvalue weighted by atomic mass is 9.89. The highest BCUT2D eigenvalue weighted by Gasteiger charge is 2.22. The molecule has 2 heteroatoms. The van der Waals surface area contributed by atoms with Crippen LogP contribution < -0.4 is 0 Å². The van der Waals surface area contributed by atoms with Crippen molar-refractivity contribution in [2.24, 2.45) is 11.8 Å². The Kier molecular flexibility index (Phi) is 12.3. The van der Waals surface area contributed by atoms with Gasteiger partial charge in [-0.2, -0.15) is 0 Å². The fourth-order valence-electron chi connectivity index (χ4n) is 3.29. The fourth-order valence-corrected chi connectivity index (χ4v) is 3.29. The van der Waals surface area contributed by atoms with Crippen molar-refractivity contribution in [2.75, 3.05) is 6.61 Å². The van der Waals surface area contributed by atoms with Crippen molar-refractivity contribution in [3.8, 4) is 0 Å². The molecule has 0 aromatic heterocycles. The first-order chi connectivity index (χ1) is 11.1. The van der Waals surface area contributed by atoms with Crippen LogP contribution in [0, 0.1) is 11.8 Å². The first kappa shape index (κ1) is 23.9. The number of aliphatic hydroxyl groups is 1. The number of unbranched alkanes of at least 4 members (excludes halogenated alkanes) is 3. The smallest absolute Gasteiger partial charge is 0.0639 e. The molecule has 0 radical (unpaired) electrons. The molecule has 1 N–H and O–H groups in total. The van der Waals surface area contributed by atoms with Gasteiger partial charge in [0.15, 0.2) is 0 Å². The summed E-state index contributed by atoms with van der Waals surface area (Å²) in [4.78, 5) is 0. The summed E-state index contributed by atoms with van der Waals surface area (Å²) in [5, 5.41) is 10.0. The fraction of sp³-hybridized carbons (Fsp3) is 1.00. The summed E-state index contributed by atoms with van der Waals surface area (Å²) in [6.45, 7) is 16.0. The Hall–Kier alpha value is -0.0800. The van der Waals surface area contributed by atoms with Crippen LogP contribution >= 0.6 is 0 Å². The van der Waals surface area contributed by atoms with Crippen LogP contribution in [0.15, 0.2) is 0 Å². The van der Waals surface area contributed by atoms with E-state index >= 15 is 0 Å². The highest BCUT2D eigenvalue weighted by Crippen LogP contribution is 2.24. The second kappa shape index (κ2) is 12.3. The summed E-state index contributed by atoms with van der Waals surface area (Å²) >= 11 is 0. The second-order valence-electron chi connectivity index (χ2n) is 9.07. The molecule has 0 rings (SSSR count). The molecule has 0 aromatic carbocycles.